The van der Waals surface area contributed by atoms with E-state index in [1.807, 2.05) is 0 Å². The van der Waals surface area contributed by atoms with Gasteiger partial charge in [-0.05, 0) is 77.7 Å². The van der Waals surface area contributed by atoms with Crippen LogP contribution in [-0.4, -0.2) is 62.2 Å². The van der Waals surface area contributed by atoms with Crippen molar-refractivity contribution in [3.05, 3.63) is 0 Å². The Labute approximate surface area is 119 Å². The first-order valence-corrected chi connectivity index (χ1v) is 8.33. The third-order valence-corrected chi connectivity index (χ3v) is 5.01. The molecule has 0 saturated carbocycles. The summed E-state index contributed by atoms with van der Waals surface area (Å²) in [6.07, 6.45) is 5.48. The highest BCUT2D eigenvalue weighted by molar-refractivity contribution is 4.82. The lowest BCUT2D eigenvalue weighted by Gasteiger charge is -2.36. The van der Waals surface area contributed by atoms with Gasteiger partial charge in [0, 0.05) is 19.1 Å². The van der Waals surface area contributed by atoms with Gasteiger partial charge in [0.2, 0.25) is 0 Å². The molecule has 2 saturated heterocycles. The molecule has 19 heavy (non-hydrogen) atoms. The Bertz CT molecular complexity index is 254. The SMILES string of the molecule is CCCN1CCCC(C(C)NCC2CCN(C)C2)C1. The molecule has 2 rings (SSSR count). The average molecular weight is 267 g/mol. The van der Waals surface area contributed by atoms with Gasteiger partial charge in [0.15, 0.2) is 0 Å². The van der Waals surface area contributed by atoms with Gasteiger partial charge < -0.3 is 15.1 Å². The molecule has 2 heterocycles. The number of rotatable bonds is 6. The number of piperidine rings is 1. The zero-order chi connectivity index (χ0) is 13.7. The molecule has 112 valence electrons. The Kier molecular flexibility index (Phi) is 6.11. The van der Waals surface area contributed by atoms with Gasteiger partial charge in [-0.15, -0.1) is 0 Å². The highest BCUT2D eigenvalue weighted by Gasteiger charge is 2.25. The van der Waals surface area contributed by atoms with Gasteiger partial charge in [-0.2, -0.15) is 0 Å². The van der Waals surface area contributed by atoms with Crippen molar-refractivity contribution >= 4 is 0 Å². The molecule has 3 unspecified atom stereocenters. The first-order chi connectivity index (χ1) is 9.19. The fraction of sp³-hybridized carbons (Fsp3) is 1.00. The predicted octanol–water partition coefficient (Wildman–Crippen LogP) is 2.04. The van der Waals surface area contributed by atoms with E-state index in [1.165, 1.54) is 65.0 Å². The van der Waals surface area contributed by atoms with Crippen molar-refractivity contribution < 1.29 is 0 Å². The molecule has 0 spiro atoms. The molecule has 0 aliphatic carbocycles. The van der Waals surface area contributed by atoms with Crippen molar-refractivity contribution in [2.75, 3.05) is 46.3 Å². The van der Waals surface area contributed by atoms with Crippen LogP contribution in [0, 0.1) is 11.8 Å². The molecule has 0 aromatic heterocycles. The second kappa shape index (κ2) is 7.61. The lowest BCUT2D eigenvalue weighted by Crippen LogP contribution is -2.45. The Morgan fingerprint density at radius 2 is 2.05 bits per heavy atom. The summed E-state index contributed by atoms with van der Waals surface area (Å²) in [7, 11) is 2.24. The molecule has 3 atom stereocenters. The Hall–Kier alpha value is -0.120. The van der Waals surface area contributed by atoms with Gasteiger partial charge in [-0.3, -0.25) is 0 Å². The van der Waals surface area contributed by atoms with E-state index in [0.29, 0.717) is 6.04 Å². The largest absolute Gasteiger partial charge is 0.314 e. The van der Waals surface area contributed by atoms with Crippen LogP contribution in [0.5, 0.6) is 0 Å². The Balaban J connectivity index is 1.68. The monoisotopic (exact) mass is 267 g/mol. The molecule has 0 amide bonds. The average Bonchev–Trinajstić information content (AvgIpc) is 2.82. The minimum absolute atomic E-state index is 0.686. The van der Waals surface area contributed by atoms with Crippen LogP contribution in [0.3, 0.4) is 0 Å². The number of nitrogens with zero attached hydrogens (tertiary/aromatic N) is 2. The maximum Gasteiger partial charge on any atom is 0.00793 e. The molecule has 0 aromatic rings. The quantitative estimate of drug-likeness (QED) is 0.794. The van der Waals surface area contributed by atoms with Gasteiger partial charge in [0.1, 0.15) is 0 Å². The van der Waals surface area contributed by atoms with E-state index in [0.717, 1.165) is 11.8 Å². The fourth-order valence-electron chi connectivity index (χ4n) is 3.73. The van der Waals surface area contributed by atoms with Crippen molar-refractivity contribution in [1.82, 2.24) is 15.1 Å². The molecule has 2 aliphatic heterocycles. The van der Waals surface area contributed by atoms with Crippen molar-refractivity contribution in [2.24, 2.45) is 11.8 Å². The standard InChI is InChI=1S/C16H33N3/c1-4-8-19-9-5-6-16(13-19)14(2)17-11-15-7-10-18(3)12-15/h14-17H,4-13H2,1-3H3. The molecule has 2 aliphatic rings. The summed E-state index contributed by atoms with van der Waals surface area (Å²) in [5.41, 5.74) is 0. The second-order valence-electron chi connectivity index (χ2n) is 6.82. The number of likely N-dealkylation sites (tertiary alicyclic amines) is 2. The van der Waals surface area contributed by atoms with Crippen molar-refractivity contribution in [2.45, 2.75) is 45.6 Å². The van der Waals surface area contributed by atoms with Crippen molar-refractivity contribution in [3.63, 3.8) is 0 Å². The van der Waals surface area contributed by atoms with E-state index in [9.17, 15) is 0 Å². The summed E-state index contributed by atoms with van der Waals surface area (Å²) >= 11 is 0. The van der Waals surface area contributed by atoms with E-state index in [1.54, 1.807) is 0 Å². The highest BCUT2D eigenvalue weighted by Crippen LogP contribution is 2.21. The van der Waals surface area contributed by atoms with Crippen LogP contribution in [-0.2, 0) is 0 Å². The summed E-state index contributed by atoms with van der Waals surface area (Å²) in [5.74, 6) is 1.74. The Morgan fingerprint density at radius 1 is 1.21 bits per heavy atom. The molecule has 0 bridgehead atoms. The minimum Gasteiger partial charge on any atom is -0.314 e. The summed E-state index contributed by atoms with van der Waals surface area (Å²) in [6.45, 7) is 12.4. The van der Waals surface area contributed by atoms with Crippen LogP contribution < -0.4 is 5.32 Å². The van der Waals surface area contributed by atoms with Crippen LogP contribution in [0.25, 0.3) is 0 Å². The van der Waals surface area contributed by atoms with E-state index >= 15 is 0 Å². The lowest BCUT2D eigenvalue weighted by molar-refractivity contribution is 0.149. The molecule has 0 radical (unpaired) electrons. The molecule has 3 heteroatoms. The topological polar surface area (TPSA) is 18.5 Å². The number of hydrogen-bond acceptors (Lipinski definition) is 3. The fourth-order valence-corrected chi connectivity index (χ4v) is 3.73. The summed E-state index contributed by atoms with van der Waals surface area (Å²) < 4.78 is 0. The zero-order valence-corrected chi connectivity index (χ0v) is 13.2. The van der Waals surface area contributed by atoms with E-state index in [-0.39, 0.29) is 0 Å². The van der Waals surface area contributed by atoms with Gasteiger partial charge in [-0.25, -0.2) is 0 Å². The van der Waals surface area contributed by atoms with Gasteiger partial charge in [-0.1, -0.05) is 6.92 Å². The normalized spacial score (nSPS) is 31.7. The summed E-state index contributed by atoms with van der Waals surface area (Å²) in [5, 5.41) is 3.82. The van der Waals surface area contributed by atoms with Gasteiger partial charge in [0.25, 0.3) is 0 Å². The first-order valence-electron chi connectivity index (χ1n) is 8.33. The third-order valence-electron chi connectivity index (χ3n) is 5.01. The summed E-state index contributed by atoms with van der Waals surface area (Å²) in [4.78, 5) is 5.12. The molecular weight excluding hydrogens is 234 g/mol. The molecule has 2 fully saturated rings. The van der Waals surface area contributed by atoms with E-state index < -0.39 is 0 Å². The van der Waals surface area contributed by atoms with Crippen molar-refractivity contribution in [3.8, 4) is 0 Å². The second-order valence-corrected chi connectivity index (χ2v) is 6.82. The van der Waals surface area contributed by atoms with E-state index in [4.69, 9.17) is 0 Å². The summed E-state index contributed by atoms with van der Waals surface area (Å²) in [6, 6.07) is 0.686. The first kappa shape index (κ1) is 15.3. The molecule has 3 nitrogen and oxygen atoms in total. The molecule has 1 N–H and O–H groups in total. The smallest absolute Gasteiger partial charge is 0.00793 e. The van der Waals surface area contributed by atoms with Crippen LogP contribution in [0.15, 0.2) is 0 Å². The van der Waals surface area contributed by atoms with Crippen LogP contribution >= 0.6 is 0 Å². The van der Waals surface area contributed by atoms with Crippen LogP contribution in [0.4, 0.5) is 0 Å². The lowest BCUT2D eigenvalue weighted by atomic mass is 9.91. The molecular formula is C16H33N3. The van der Waals surface area contributed by atoms with Crippen LogP contribution in [0.2, 0.25) is 0 Å². The van der Waals surface area contributed by atoms with Gasteiger partial charge in [0.05, 0.1) is 0 Å². The zero-order valence-electron chi connectivity index (χ0n) is 13.2. The highest BCUT2D eigenvalue weighted by atomic mass is 15.1. The minimum atomic E-state index is 0.686. The van der Waals surface area contributed by atoms with Crippen LogP contribution in [0.1, 0.15) is 39.5 Å². The number of nitrogens with one attached hydrogen (secondary N) is 1. The predicted molar refractivity (Wildman–Crippen MR) is 82.5 cm³/mol. The molecule has 0 aromatic carbocycles. The van der Waals surface area contributed by atoms with Crippen molar-refractivity contribution in [1.29, 1.82) is 0 Å². The maximum absolute atomic E-state index is 3.82. The third kappa shape index (κ3) is 4.73. The van der Waals surface area contributed by atoms with E-state index in [2.05, 4.69) is 36.0 Å². The maximum atomic E-state index is 3.82. The number of hydrogen-bond donors (Lipinski definition) is 1. The van der Waals surface area contributed by atoms with Gasteiger partial charge >= 0.3 is 0 Å². The Morgan fingerprint density at radius 3 is 2.74 bits per heavy atom.